The van der Waals surface area contributed by atoms with Crippen molar-refractivity contribution in [3.05, 3.63) is 60.0 Å². The maximum absolute atomic E-state index is 11.0. The third kappa shape index (κ3) is 14.4. The number of nitriles is 1. The fourth-order valence-corrected chi connectivity index (χ4v) is 7.96. The van der Waals surface area contributed by atoms with Gasteiger partial charge in [0.05, 0.1) is 32.1 Å². The minimum atomic E-state index is -3.88. The average molecular weight is 804 g/mol. The van der Waals surface area contributed by atoms with Crippen molar-refractivity contribution >= 4 is 29.9 Å². The Bertz CT molecular complexity index is 1610. The maximum atomic E-state index is 11.0. The van der Waals surface area contributed by atoms with E-state index in [-0.39, 0.29) is 24.7 Å². The lowest BCUT2D eigenvalue weighted by atomic mass is 9.92. The minimum absolute atomic E-state index is 0.102. The third-order valence-corrected chi connectivity index (χ3v) is 11.7. The minimum Gasteiger partial charge on any atom is -0.387 e. The fraction of sp³-hybridized carbons (Fsp3) is 0.675. The number of aromatic nitrogens is 3. The molecular formula is C40H62N5O8PS. The molecule has 5 N–H and O–H groups in total. The summed E-state index contributed by atoms with van der Waals surface area (Å²) < 4.78 is 30.5. The molecule has 0 spiro atoms. The number of anilines is 1. The normalized spacial score (nSPS) is 21.5. The summed E-state index contributed by atoms with van der Waals surface area (Å²) in [6, 6.07) is 14.8. The Morgan fingerprint density at radius 1 is 0.909 bits per heavy atom. The molecule has 1 fully saturated rings. The van der Waals surface area contributed by atoms with E-state index in [9.17, 15) is 20.4 Å². The Morgan fingerprint density at radius 2 is 1.53 bits per heavy atom. The van der Waals surface area contributed by atoms with E-state index in [4.69, 9.17) is 40.8 Å². The molecule has 2 aromatic heterocycles. The first-order valence-electron chi connectivity index (χ1n) is 20.1. The molecule has 15 heteroatoms. The van der Waals surface area contributed by atoms with Crippen LogP contribution in [-0.2, 0) is 47.3 Å². The van der Waals surface area contributed by atoms with Crippen molar-refractivity contribution in [3.8, 4) is 6.07 Å². The van der Waals surface area contributed by atoms with Gasteiger partial charge in [0.2, 0.25) is 5.60 Å². The number of nitrogens with zero attached hydrogens (tertiary/aromatic N) is 4. The standard InChI is InChI=1S/C40H62N5O8PS/c1-2-3-4-5-6-7-8-9-10-11-12-13-14-15-16-20-25-49-27-33(50-26-32-21-18-17-19-22-32)28-51-54(48,55)52-29-35-37(46)38(47)40(30-41,53-35)36-24-23-34-39(42)43-31-44-45(34)36/h17-19,21-24,31,33,35,37-38,46-47H,2-16,20,25-29H2,1H3,(H,48,55)(H2,42,43,44)/t33-,35-,37-,38-,40+,54-/m1/s1. The van der Waals surface area contributed by atoms with Crippen LogP contribution in [0.15, 0.2) is 48.8 Å². The zero-order valence-electron chi connectivity index (χ0n) is 32.4. The first kappa shape index (κ1) is 45.2. The SMILES string of the molecule is CCCCCCCCCCCCCCCCCCOC[C@H](CO[P@@](O)(=S)OC[C@H]1O[C@@](C#N)(c2ccc3c(N)ncnn23)[C@H](O)[C@@H]1O)OCc1ccccc1. The predicted octanol–water partition coefficient (Wildman–Crippen LogP) is 7.26. The van der Waals surface area contributed by atoms with Crippen molar-refractivity contribution in [1.82, 2.24) is 14.6 Å². The molecule has 3 aromatic rings. The highest BCUT2D eigenvalue weighted by Gasteiger charge is 2.57. The highest BCUT2D eigenvalue weighted by Crippen LogP contribution is 2.46. The molecule has 1 aromatic carbocycles. The molecule has 1 aliphatic rings. The Morgan fingerprint density at radius 3 is 2.15 bits per heavy atom. The van der Waals surface area contributed by atoms with Crippen molar-refractivity contribution in [2.75, 3.05) is 32.2 Å². The number of unbranched alkanes of at least 4 members (excludes halogenated alkanes) is 15. The van der Waals surface area contributed by atoms with Gasteiger partial charge in [0.25, 0.3) is 0 Å². The second kappa shape index (κ2) is 24.3. The lowest BCUT2D eigenvalue weighted by Gasteiger charge is -2.24. The maximum Gasteiger partial charge on any atom is 0.324 e. The predicted molar refractivity (Wildman–Crippen MR) is 215 cm³/mol. The summed E-state index contributed by atoms with van der Waals surface area (Å²) in [4.78, 5) is 14.9. The van der Waals surface area contributed by atoms with Crippen LogP contribution in [0.25, 0.3) is 5.52 Å². The van der Waals surface area contributed by atoms with Gasteiger partial charge in [0.1, 0.15) is 42.3 Å². The van der Waals surface area contributed by atoms with E-state index in [1.54, 1.807) is 6.07 Å². The second-order valence-corrected chi connectivity index (χ2v) is 17.3. The number of aliphatic hydroxyl groups excluding tert-OH is 2. The van der Waals surface area contributed by atoms with Crippen molar-refractivity contribution in [2.24, 2.45) is 0 Å². The largest absolute Gasteiger partial charge is 0.387 e. The Balaban J connectivity index is 1.15. The fourth-order valence-electron chi connectivity index (χ4n) is 6.83. The van der Waals surface area contributed by atoms with Gasteiger partial charge in [-0.3, -0.25) is 0 Å². The zero-order chi connectivity index (χ0) is 39.4. The first-order chi connectivity index (χ1) is 26.7. The summed E-state index contributed by atoms with van der Waals surface area (Å²) in [5, 5.41) is 36.2. The number of nitrogens with two attached hydrogens (primary N) is 1. The van der Waals surface area contributed by atoms with Gasteiger partial charge in [-0.2, -0.15) is 10.4 Å². The highest BCUT2D eigenvalue weighted by molar-refractivity contribution is 8.07. The number of hydrogen-bond acceptors (Lipinski definition) is 12. The molecular weight excluding hydrogens is 742 g/mol. The summed E-state index contributed by atoms with van der Waals surface area (Å²) in [6.07, 6.45) is 17.1. The number of hydrogen-bond donors (Lipinski definition) is 4. The molecule has 1 saturated heterocycles. The Hall–Kier alpha value is -2.54. The quantitative estimate of drug-likeness (QED) is 0.0406. The molecule has 0 bridgehead atoms. The number of rotatable bonds is 29. The van der Waals surface area contributed by atoms with Gasteiger partial charge < -0.3 is 44.1 Å². The van der Waals surface area contributed by atoms with E-state index < -0.39 is 43.3 Å². The van der Waals surface area contributed by atoms with E-state index in [2.05, 4.69) is 17.0 Å². The van der Waals surface area contributed by atoms with E-state index in [0.717, 1.165) is 18.4 Å². The van der Waals surface area contributed by atoms with Crippen molar-refractivity contribution in [2.45, 2.75) is 146 Å². The van der Waals surface area contributed by atoms with Crippen LogP contribution < -0.4 is 5.73 Å². The van der Waals surface area contributed by atoms with Crippen molar-refractivity contribution in [3.63, 3.8) is 0 Å². The summed E-state index contributed by atoms with van der Waals surface area (Å²) >= 11 is 5.27. The van der Waals surface area contributed by atoms with Crippen LogP contribution in [0.4, 0.5) is 5.82 Å². The number of nitrogen functional groups attached to an aromatic ring is 1. The lowest BCUT2D eigenvalue weighted by molar-refractivity contribution is -0.0660. The number of aliphatic hydroxyl groups is 2. The van der Waals surface area contributed by atoms with Crippen LogP contribution in [0.3, 0.4) is 0 Å². The molecule has 0 radical (unpaired) electrons. The number of fused-ring (bicyclic) bond motifs is 1. The Kier molecular flexibility index (Phi) is 19.9. The van der Waals surface area contributed by atoms with Gasteiger partial charge in [0, 0.05) is 6.61 Å². The Labute approximate surface area is 331 Å². The molecule has 13 nitrogen and oxygen atoms in total. The highest BCUT2D eigenvalue weighted by atomic mass is 32.5. The monoisotopic (exact) mass is 803 g/mol. The van der Waals surface area contributed by atoms with Gasteiger partial charge in [-0.15, -0.1) is 0 Å². The summed E-state index contributed by atoms with van der Waals surface area (Å²) in [7, 11) is 0. The van der Waals surface area contributed by atoms with Crippen LogP contribution in [0.1, 0.15) is 121 Å². The van der Waals surface area contributed by atoms with Gasteiger partial charge in [-0.05, 0) is 35.9 Å². The van der Waals surface area contributed by atoms with Crippen LogP contribution in [0.2, 0.25) is 0 Å². The molecule has 55 heavy (non-hydrogen) atoms. The first-order valence-corrected chi connectivity index (χ1v) is 22.7. The van der Waals surface area contributed by atoms with Crippen LogP contribution >= 0.6 is 6.72 Å². The molecule has 306 valence electrons. The topological polar surface area (TPSA) is 187 Å². The van der Waals surface area contributed by atoms with E-state index in [0.29, 0.717) is 18.7 Å². The smallest absolute Gasteiger partial charge is 0.324 e. The average Bonchev–Trinajstić information content (AvgIpc) is 3.74. The molecule has 1 aliphatic heterocycles. The van der Waals surface area contributed by atoms with Crippen LogP contribution in [0.5, 0.6) is 0 Å². The molecule has 0 saturated carbocycles. The van der Waals surface area contributed by atoms with Crippen LogP contribution in [-0.4, -0.2) is 80.5 Å². The van der Waals surface area contributed by atoms with Gasteiger partial charge >= 0.3 is 6.72 Å². The number of benzene rings is 1. The van der Waals surface area contributed by atoms with Crippen molar-refractivity contribution < 1.29 is 38.4 Å². The van der Waals surface area contributed by atoms with Gasteiger partial charge in [0.15, 0.2) is 5.82 Å². The zero-order valence-corrected chi connectivity index (χ0v) is 34.1. The summed E-state index contributed by atoms with van der Waals surface area (Å²) in [6.45, 7) is -1.03. The third-order valence-electron chi connectivity index (χ3n) is 10.1. The summed E-state index contributed by atoms with van der Waals surface area (Å²) in [5.74, 6) is 0.164. The molecule has 3 heterocycles. The lowest BCUT2D eigenvalue weighted by Crippen LogP contribution is -2.41. The van der Waals surface area contributed by atoms with Crippen LogP contribution in [0, 0.1) is 11.3 Å². The number of ether oxygens (including phenoxy) is 3. The molecule has 0 amide bonds. The van der Waals surface area contributed by atoms with E-state index >= 15 is 0 Å². The second-order valence-electron chi connectivity index (χ2n) is 14.5. The molecule has 4 rings (SSSR count). The van der Waals surface area contributed by atoms with Gasteiger partial charge in [-0.25, -0.2) is 9.50 Å². The summed E-state index contributed by atoms with van der Waals surface area (Å²) in [5.41, 5.74) is 5.43. The van der Waals surface area contributed by atoms with Crippen molar-refractivity contribution in [1.29, 1.82) is 5.26 Å². The van der Waals surface area contributed by atoms with Gasteiger partial charge in [-0.1, -0.05) is 134 Å². The molecule has 0 unspecified atom stereocenters. The molecule has 6 atom stereocenters. The molecule has 0 aliphatic carbocycles. The van der Waals surface area contributed by atoms with E-state index in [1.165, 1.54) is 107 Å². The van der Waals surface area contributed by atoms with E-state index in [1.807, 2.05) is 36.4 Å².